The molecule has 1 amide bonds. The molecule has 4 rings (SSSR count). The summed E-state index contributed by atoms with van der Waals surface area (Å²) < 4.78 is 6.75. The molecule has 1 aliphatic heterocycles. The number of hydrogen-bond acceptors (Lipinski definition) is 6. The lowest BCUT2D eigenvalue weighted by atomic mass is 10.0. The van der Waals surface area contributed by atoms with Gasteiger partial charge in [0, 0.05) is 55.8 Å². The Morgan fingerprint density at radius 2 is 1.81 bits per heavy atom. The molecule has 0 spiro atoms. The summed E-state index contributed by atoms with van der Waals surface area (Å²) in [5.74, 6) is 0.717. The molecule has 2 heterocycles. The number of aromatic hydroxyl groups is 2. The van der Waals surface area contributed by atoms with Crippen LogP contribution in [0.5, 0.6) is 17.2 Å². The van der Waals surface area contributed by atoms with Gasteiger partial charge < -0.3 is 24.7 Å². The van der Waals surface area contributed by atoms with Gasteiger partial charge in [0.1, 0.15) is 23.6 Å². The summed E-state index contributed by atoms with van der Waals surface area (Å²) in [6.07, 6.45) is 4.79. The van der Waals surface area contributed by atoms with Crippen molar-refractivity contribution in [3.8, 4) is 28.5 Å². The minimum atomic E-state index is -0.164. The van der Waals surface area contributed by atoms with Crippen molar-refractivity contribution >= 4 is 28.7 Å². The Kier molecular flexibility index (Phi) is 7.29. The van der Waals surface area contributed by atoms with Gasteiger partial charge in [0.05, 0.1) is 12.8 Å². The number of phenols is 2. The lowest BCUT2D eigenvalue weighted by Crippen LogP contribution is -2.46. The Balaban J connectivity index is 0.00000289. The number of aromatic nitrogens is 2. The first-order valence-corrected chi connectivity index (χ1v) is 10.2. The van der Waals surface area contributed by atoms with Crippen LogP contribution in [0.25, 0.3) is 11.3 Å². The number of amides is 1. The van der Waals surface area contributed by atoms with Gasteiger partial charge in [-0.1, -0.05) is 6.07 Å². The molecule has 8 nitrogen and oxygen atoms in total. The predicted octanol–water partition coefficient (Wildman–Crippen LogP) is 4.12. The number of anilines is 1. The molecule has 0 unspecified atom stereocenters. The van der Waals surface area contributed by atoms with Crippen molar-refractivity contribution < 1.29 is 19.7 Å². The van der Waals surface area contributed by atoms with Gasteiger partial charge in [0.25, 0.3) is 0 Å². The van der Waals surface area contributed by atoms with Crippen LogP contribution in [-0.2, 0) is 0 Å². The van der Waals surface area contributed by atoms with E-state index in [1.807, 2.05) is 25.2 Å². The Labute approximate surface area is 197 Å². The third-order valence-corrected chi connectivity index (χ3v) is 5.73. The smallest absolute Gasteiger partial charge is 0.329 e. The Morgan fingerprint density at radius 1 is 1.12 bits per heavy atom. The van der Waals surface area contributed by atoms with Crippen LogP contribution >= 0.6 is 17.0 Å². The van der Waals surface area contributed by atoms with Crippen LogP contribution < -0.4 is 9.64 Å². The van der Waals surface area contributed by atoms with Crippen molar-refractivity contribution in [2.45, 2.75) is 18.9 Å². The molecule has 0 bridgehead atoms. The van der Waals surface area contributed by atoms with Crippen LogP contribution in [0.2, 0.25) is 0 Å². The average Bonchev–Trinajstić information content (AvgIpc) is 3.28. The second-order valence-electron chi connectivity index (χ2n) is 7.72. The van der Waals surface area contributed by atoms with Crippen molar-refractivity contribution in [2.24, 2.45) is 0 Å². The quantitative estimate of drug-likeness (QED) is 0.557. The van der Waals surface area contributed by atoms with Gasteiger partial charge in [-0.2, -0.15) is 0 Å². The summed E-state index contributed by atoms with van der Waals surface area (Å²) in [7, 11) is 3.48. The molecule has 2 N–H and O–H groups in total. The van der Waals surface area contributed by atoms with E-state index in [9.17, 15) is 15.0 Å². The number of benzene rings is 2. The fourth-order valence-corrected chi connectivity index (χ4v) is 3.98. The normalized spacial score (nSPS) is 14.0. The standard InChI is InChI=1S/C23H26N4O4.BrH/c1-25(17-6-8-26(9-7-17)18-4-3-5-21(12-18)31-2)23(30)27-14-22(24-15-27)16-10-19(28)13-20(29)11-16;/h3-5,10-15,17,28-29H,6-9H2,1-2H3;1H. The van der Waals surface area contributed by atoms with Gasteiger partial charge in [0.15, 0.2) is 0 Å². The average molecular weight is 503 g/mol. The van der Waals surface area contributed by atoms with E-state index in [4.69, 9.17) is 4.74 Å². The number of carbonyl (C=O) groups excluding carboxylic acids is 1. The number of methoxy groups -OCH3 is 1. The van der Waals surface area contributed by atoms with Gasteiger partial charge in [-0.3, -0.25) is 4.57 Å². The van der Waals surface area contributed by atoms with Gasteiger partial charge in [-0.15, -0.1) is 17.0 Å². The lowest BCUT2D eigenvalue weighted by molar-refractivity contribution is 0.181. The van der Waals surface area contributed by atoms with Crippen LogP contribution in [-0.4, -0.2) is 64.0 Å². The second-order valence-corrected chi connectivity index (χ2v) is 7.72. The molecule has 1 fully saturated rings. The molecule has 9 heteroatoms. The van der Waals surface area contributed by atoms with E-state index in [0.717, 1.165) is 37.4 Å². The molecule has 3 aromatic rings. The van der Waals surface area contributed by atoms with Gasteiger partial charge in [-0.05, 0) is 37.1 Å². The van der Waals surface area contributed by atoms with Crippen LogP contribution in [0.15, 0.2) is 55.0 Å². The highest BCUT2D eigenvalue weighted by Crippen LogP contribution is 2.28. The van der Waals surface area contributed by atoms with Gasteiger partial charge in [-0.25, -0.2) is 9.78 Å². The van der Waals surface area contributed by atoms with Crippen LogP contribution in [0.1, 0.15) is 12.8 Å². The van der Waals surface area contributed by atoms with E-state index in [1.54, 1.807) is 18.2 Å². The Hall–Kier alpha value is -3.20. The lowest BCUT2D eigenvalue weighted by Gasteiger charge is -2.37. The number of hydrogen-bond donors (Lipinski definition) is 2. The van der Waals surface area contributed by atoms with Crippen LogP contribution in [0.3, 0.4) is 0 Å². The molecular formula is C23H27BrN4O4. The number of ether oxygens (including phenoxy) is 1. The topological polar surface area (TPSA) is 91.1 Å². The summed E-state index contributed by atoms with van der Waals surface area (Å²) in [6.45, 7) is 1.71. The zero-order chi connectivity index (χ0) is 22.0. The van der Waals surface area contributed by atoms with Crippen LogP contribution in [0, 0.1) is 0 Å². The zero-order valence-corrected chi connectivity index (χ0v) is 19.7. The zero-order valence-electron chi connectivity index (χ0n) is 18.0. The highest BCUT2D eigenvalue weighted by molar-refractivity contribution is 8.93. The first-order valence-electron chi connectivity index (χ1n) is 10.2. The molecule has 1 aliphatic rings. The van der Waals surface area contributed by atoms with E-state index in [0.29, 0.717) is 11.3 Å². The molecule has 0 saturated carbocycles. The molecule has 0 atom stereocenters. The highest BCUT2D eigenvalue weighted by Gasteiger charge is 2.26. The summed E-state index contributed by atoms with van der Waals surface area (Å²) in [5.41, 5.74) is 2.17. The minimum Gasteiger partial charge on any atom is -0.508 e. The molecule has 1 aromatic heterocycles. The van der Waals surface area contributed by atoms with Crippen LogP contribution in [0.4, 0.5) is 10.5 Å². The highest BCUT2D eigenvalue weighted by atomic mass is 79.9. The number of phenolic OH excluding ortho intramolecular Hbond substituents is 2. The first-order chi connectivity index (χ1) is 14.9. The molecular weight excluding hydrogens is 476 g/mol. The summed E-state index contributed by atoms with van der Waals surface area (Å²) in [5, 5.41) is 19.4. The summed E-state index contributed by atoms with van der Waals surface area (Å²) in [6, 6.07) is 12.2. The number of nitrogens with zero attached hydrogens (tertiary/aromatic N) is 4. The van der Waals surface area contributed by atoms with E-state index < -0.39 is 0 Å². The Bertz CT molecular complexity index is 1060. The van der Waals surface area contributed by atoms with Gasteiger partial charge >= 0.3 is 6.03 Å². The van der Waals surface area contributed by atoms with Crippen molar-refractivity contribution in [2.75, 3.05) is 32.1 Å². The number of halogens is 1. The number of carbonyl (C=O) groups is 1. The predicted molar refractivity (Wildman–Crippen MR) is 128 cm³/mol. The molecule has 0 aliphatic carbocycles. The van der Waals surface area contributed by atoms with Crippen molar-refractivity contribution in [1.29, 1.82) is 0 Å². The maximum atomic E-state index is 13.0. The minimum absolute atomic E-state index is 0. The SMILES string of the molecule is Br.COc1cccc(N2CCC(N(C)C(=O)n3cnc(-c4cc(O)cc(O)c4)c3)CC2)c1. The van der Waals surface area contributed by atoms with E-state index in [1.165, 1.54) is 29.1 Å². The molecule has 170 valence electrons. The second kappa shape index (κ2) is 9.95. The summed E-state index contributed by atoms with van der Waals surface area (Å²) >= 11 is 0. The molecule has 32 heavy (non-hydrogen) atoms. The Morgan fingerprint density at radius 3 is 2.47 bits per heavy atom. The maximum Gasteiger partial charge on any atom is 0.329 e. The van der Waals surface area contributed by atoms with E-state index in [-0.39, 0.29) is 40.6 Å². The number of piperidine rings is 1. The maximum absolute atomic E-state index is 13.0. The molecule has 0 radical (unpaired) electrons. The van der Waals surface area contributed by atoms with Crippen molar-refractivity contribution in [3.05, 3.63) is 55.0 Å². The molecule has 1 saturated heterocycles. The van der Waals surface area contributed by atoms with Crippen molar-refractivity contribution in [1.82, 2.24) is 14.5 Å². The first kappa shape index (κ1) is 23.5. The third-order valence-electron chi connectivity index (χ3n) is 5.73. The largest absolute Gasteiger partial charge is 0.508 e. The fourth-order valence-electron chi connectivity index (χ4n) is 3.98. The number of rotatable bonds is 4. The summed E-state index contributed by atoms with van der Waals surface area (Å²) in [4.78, 5) is 21.3. The van der Waals surface area contributed by atoms with E-state index >= 15 is 0 Å². The van der Waals surface area contributed by atoms with E-state index in [2.05, 4.69) is 16.0 Å². The molecule has 2 aromatic carbocycles. The van der Waals surface area contributed by atoms with Crippen molar-refractivity contribution in [3.63, 3.8) is 0 Å². The third kappa shape index (κ3) is 4.99. The van der Waals surface area contributed by atoms with Gasteiger partial charge in [0.2, 0.25) is 0 Å². The monoisotopic (exact) mass is 502 g/mol. The fraction of sp³-hybridized carbons (Fsp3) is 0.304. The number of imidazole rings is 1.